The number of hydrogen-bond acceptors (Lipinski definition) is 4. The number of amides is 1. The van der Waals surface area contributed by atoms with Crippen LogP contribution in [-0.4, -0.2) is 30.5 Å². The van der Waals surface area contributed by atoms with E-state index in [1.807, 2.05) is 6.07 Å². The predicted molar refractivity (Wildman–Crippen MR) is 75.5 cm³/mol. The topological polar surface area (TPSA) is 67.8 Å². The second kappa shape index (κ2) is 4.77. The Labute approximate surface area is 122 Å². The molecule has 3 unspecified atom stereocenters. The molecule has 2 N–H and O–H groups in total. The quantitative estimate of drug-likeness (QED) is 0.810. The lowest BCUT2D eigenvalue weighted by Crippen LogP contribution is -2.49. The van der Waals surface area contributed by atoms with Crippen LogP contribution in [0, 0.1) is 5.92 Å². The second-order valence-corrected chi connectivity index (χ2v) is 5.75. The molecule has 0 bridgehead atoms. The molecule has 0 saturated carbocycles. The Balaban J connectivity index is 1.79. The summed E-state index contributed by atoms with van der Waals surface area (Å²) in [6, 6.07) is 3.74. The van der Waals surface area contributed by atoms with Crippen molar-refractivity contribution in [2.75, 3.05) is 13.4 Å². The van der Waals surface area contributed by atoms with Crippen LogP contribution < -0.4 is 14.8 Å². The minimum absolute atomic E-state index is 0.0440. The second-order valence-electron chi connectivity index (χ2n) is 5.75. The van der Waals surface area contributed by atoms with Crippen molar-refractivity contribution in [2.45, 2.75) is 24.8 Å². The van der Waals surface area contributed by atoms with E-state index in [0.717, 1.165) is 12.0 Å². The Bertz CT molecular complexity index is 625. The van der Waals surface area contributed by atoms with E-state index in [9.17, 15) is 9.90 Å². The van der Waals surface area contributed by atoms with Gasteiger partial charge in [-0.15, -0.1) is 0 Å². The maximum absolute atomic E-state index is 12.4. The van der Waals surface area contributed by atoms with E-state index in [-0.39, 0.29) is 37.2 Å². The van der Waals surface area contributed by atoms with E-state index < -0.39 is 0 Å². The van der Waals surface area contributed by atoms with Gasteiger partial charge in [0.15, 0.2) is 11.5 Å². The number of carbonyl (C=O) groups excluding carboxylic acids is 1. The van der Waals surface area contributed by atoms with Crippen LogP contribution >= 0.6 is 0 Å². The number of allylic oxidation sites excluding steroid dienone is 1. The van der Waals surface area contributed by atoms with E-state index in [1.54, 1.807) is 6.07 Å². The predicted octanol–water partition coefficient (Wildman–Crippen LogP) is 1.57. The van der Waals surface area contributed by atoms with Crippen LogP contribution in [-0.2, 0) is 0 Å². The van der Waals surface area contributed by atoms with E-state index >= 15 is 0 Å². The van der Waals surface area contributed by atoms with Crippen molar-refractivity contribution in [1.29, 1.82) is 0 Å². The zero-order chi connectivity index (χ0) is 14.4. The zero-order valence-electron chi connectivity index (χ0n) is 11.5. The van der Waals surface area contributed by atoms with Crippen LogP contribution in [0.25, 0.3) is 0 Å². The summed E-state index contributed by atoms with van der Waals surface area (Å²) in [7, 11) is 0. The number of carbonyl (C=O) groups is 1. The highest BCUT2D eigenvalue weighted by Gasteiger charge is 2.39. The first kappa shape index (κ1) is 12.7. The molecular formula is C16H17NO4. The fourth-order valence-corrected chi connectivity index (χ4v) is 3.59. The fraction of sp³-hybridized carbons (Fsp3) is 0.438. The van der Waals surface area contributed by atoms with Gasteiger partial charge in [-0.3, -0.25) is 4.79 Å². The molecule has 0 spiro atoms. The standard InChI is InChI=1S/C16H17NO4/c18-5-4-9-2-1-3-10-11-6-13-14(21-8-20-13)7-12(11)16(19)17-15(9)10/h1,3,6-7,9-10,15,18H,2,4-5,8H2,(H,17,19). The molecule has 0 radical (unpaired) electrons. The highest BCUT2D eigenvalue weighted by atomic mass is 16.7. The average molecular weight is 287 g/mol. The summed E-state index contributed by atoms with van der Waals surface area (Å²) in [4.78, 5) is 12.4. The van der Waals surface area contributed by atoms with Gasteiger partial charge >= 0.3 is 0 Å². The molecule has 3 aliphatic rings. The Morgan fingerprint density at radius 3 is 2.90 bits per heavy atom. The first-order chi connectivity index (χ1) is 10.3. The molecule has 1 aromatic carbocycles. The first-order valence-electron chi connectivity index (χ1n) is 7.30. The van der Waals surface area contributed by atoms with Crippen LogP contribution in [0.5, 0.6) is 11.5 Å². The molecule has 1 aliphatic carbocycles. The molecule has 4 rings (SSSR count). The third-order valence-electron chi connectivity index (χ3n) is 4.62. The van der Waals surface area contributed by atoms with Crippen LogP contribution in [0.4, 0.5) is 0 Å². The van der Waals surface area contributed by atoms with Crippen molar-refractivity contribution in [3.05, 3.63) is 35.4 Å². The lowest BCUT2D eigenvalue weighted by Gasteiger charge is -2.39. The highest BCUT2D eigenvalue weighted by molar-refractivity contribution is 5.98. The lowest BCUT2D eigenvalue weighted by atomic mass is 9.73. The van der Waals surface area contributed by atoms with Crippen LogP contribution in [0.1, 0.15) is 34.7 Å². The van der Waals surface area contributed by atoms with Gasteiger partial charge < -0.3 is 19.9 Å². The molecule has 5 nitrogen and oxygen atoms in total. The van der Waals surface area contributed by atoms with Crippen molar-refractivity contribution >= 4 is 5.91 Å². The number of ether oxygens (including phenoxy) is 2. The average Bonchev–Trinajstić information content (AvgIpc) is 2.94. The molecule has 21 heavy (non-hydrogen) atoms. The fourth-order valence-electron chi connectivity index (χ4n) is 3.59. The van der Waals surface area contributed by atoms with Gasteiger partial charge in [0.1, 0.15) is 0 Å². The molecule has 1 aromatic rings. The van der Waals surface area contributed by atoms with Crippen LogP contribution in [0.15, 0.2) is 24.3 Å². The Hall–Kier alpha value is -2.01. The lowest BCUT2D eigenvalue weighted by molar-refractivity contribution is 0.0886. The van der Waals surface area contributed by atoms with Crippen molar-refractivity contribution in [3.63, 3.8) is 0 Å². The van der Waals surface area contributed by atoms with Crippen LogP contribution in [0.2, 0.25) is 0 Å². The van der Waals surface area contributed by atoms with Crippen molar-refractivity contribution in [1.82, 2.24) is 5.32 Å². The Morgan fingerprint density at radius 1 is 1.29 bits per heavy atom. The minimum atomic E-state index is -0.0669. The molecule has 2 aliphatic heterocycles. The third-order valence-corrected chi connectivity index (χ3v) is 4.62. The highest BCUT2D eigenvalue weighted by Crippen LogP contribution is 2.43. The summed E-state index contributed by atoms with van der Waals surface area (Å²) in [5.74, 6) is 1.68. The number of nitrogens with one attached hydrogen (secondary N) is 1. The number of hydrogen-bond donors (Lipinski definition) is 2. The van der Waals surface area contributed by atoms with Crippen molar-refractivity contribution in [3.8, 4) is 11.5 Å². The zero-order valence-corrected chi connectivity index (χ0v) is 11.5. The molecule has 110 valence electrons. The molecule has 1 amide bonds. The number of aliphatic hydroxyl groups is 1. The summed E-state index contributed by atoms with van der Waals surface area (Å²) < 4.78 is 10.8. The number of aliphatic hydroxyl groups excluding tert-OH is 1. The van der Waals surface area contributed by atoms with E-state index in [1.165, 1.54) is 0 Å². The van der Waals surface area contributed by atoms with Gasteiger partial charge in [-0.2, -0.15) is 0 Å². The van der Waals surface area contributed by atoms with Crippen molar-refractivity contribution < 1.29 is 19.4 Å². The van der Waals surface area contributed by atoms with Gasteiger partial charge in [0, 0.05) is 24.1 Å². The van der Waals surface area contributed by atoms with E-state index in [0.29, 0.717) is 23.5 Å². The van der Waals surface area contributed by atoms with E-state index in [4.69, 9.17) is 9.47 Å². The summed E-state index contributed by atoms with van der Waals surface area (Å²) in [6.07, 6.45) is 5.89. The first-order valence-corrected chi connectivity index (χ1v) is 7.30. The van der Waals surface area contributed by atoms with Gasteiger partial charge in [-0.05, 0) is 36.5 Å². The molecule has 0 aromatic heterocycles. The third kappa shape index (κ3) is 1.92. The van der Waals surface area contributed by atoms with Crippen molar-refractivity contribution in [2.24, 2.45) is 5.92 Å². The van der Waals surface area contributed by atoms with Gasteiger partial charge in [-0.1, -0.05) is 12.2 Å². The van der Waals surface area contributed by atoms with E-state index in [2.05, 4.69) is 17.5 Å². The largest absolute Gasteiger partial charge is 0.454 e. The SMILES string of the molecule is O=C1NC2C(CCO)CC=CC2c2cc3c(cc21)OCO3. The minimum Gasteiger partial charge on any atom is -0.454 e. The molecule has 2 heterocycles. The smallest absolute Gasteiger partial charge is 0.251 e. The summed E-state index contributed by atoms with van der Waals surface area (Å²) in [5, 5.41) is 12.3. The molecule has 5 heteroatoms. The molecule has 0 saturated heterocycles. The summed E-state index contributed by atoms with van der Waals surface area (Å²) >= 11 is 0. The molecular weight excluding hydrogens is 270 g/mol. The maximum atomic E-state index is 12.4. The number of fused-ring (bicyclic) bond motifs is 4. The number of rotatable bonds is 2. The van der Waals surface area contributed by atoms with Gasteiger partial charge in [0.2, 0.25) is 6.79 Å². The van der Waals surface area contributed by atoms with Gasteiger partial charge in [-0.25, -0.2) is 0 Å². The normalized spacial score (nSPS) is 28.8. The summed E-state index contributed by atoms with van der Waals surface area (Å²) in [5.41, 5.74) is 1.65. The summed E-state index contributed by atoms with van der Waals surface area (Å²) in [6.45, 7) is 0.350. The Morgan fingerprint density at radius 2 is 2.10 bits per heavy atom. The Kier molecular flexibility index (Phi) is 2.89. The number of benzene rings is 1. The molecule has 3 atom stereocenters. The van der Waals surface area contributed by atoms with Crippen LogP contribution in [0.3, 0.4) is 0 Å². The maximum Gasteiger partial charge on any atom is 0.251 e. The molecule has 0 fully saturated rings. The van der Waals surface area contributed by atoms with Gasteiger partial charge in [0.25, 0.3) is 5.91 Å². The van der Waals surface area contributed by atoms with Gasteiger partial charge in [0.05, 0.1) is 0 Å². The monoisotopic (exact) mass is 287 g/mol.